The van der Waals surface area contributed by atoms with Gasteiger partial charge in [-0.1, -0.05) is 29.8 Å². The molecule has 0 bridgehead atoms. The summed E-state index contributed by atoms with van der Waals surface area (Å²) in [4.78, 5) is 0. The molecule has 1 N–H and O–H groups in total. The third-order valence-corrected chi connectivity index (χ3v) is 3.33. The lowest BCUT2D eigenvalue weighted by Gasteiger charge is -2.22. The highest BCUT2D eigenvalue weighted by Gasteiger charge is 2.12. The zero-order chi connectivity index (χ0) is 11.9. The van der Waals surface area contributed by atoms with Crippen molar-refractivity contribution in [3.05, 3.63) is 35.4 Å². The number of benzene rings is 1. The van der Waals surface area contributed by atoms with Gasteiger partial charge in [0, 0.05) is 13.2 Å². The van der Waals surface area contributed by atoms with Gasteiger partial charge in [0.25, 0.3) is 0 Å². The van der Waals surface area contributed by atoms with Crippen LogP contribution in [0.4, 0.5) is 0 Å². The zero-order valence-corrected chi connectivity index (χ0v) is 10.7. The van der Waals surface area contributed by atoms with Gasteiger partial charge >= 0.3 is 0 Å². The third kappa shape index (κ3) is 4.49. The van der Waals surface area contributed by atoms with E-state index in [1.54, 1.807) is 0 Å². The van der Waals surface area contributed by atoms with Gasteiger partial charge in [-0.25, -0.2) is 0 Å². The topological polar surface area (TPSA) is 21.3 Å². The average Bonchev–Trinajstić information content (AvgIpc) is 2.36. The Hall–Kier alpha value is -0.860. The maximum absolute atomic E-state index is 5.71. The molecule has 2 heteroatoms. The molecule has 0 aromatic heterocycles. The molecule has 0 aliphatic carbocycles. The van der Waals surface area contributed by atoms with Gasteiger partial charge in [0.15, 0.2) is 0 Å². The van der Waals surface area contributed by atoms with Crippen LogP contribution >= 0.6 is 0 Å². The normalized spacial score (nSPS) is 20.4. The molecule has 0 saturated carbocycles. The van der Waals surface area contributed by atoms with E-state index in [1.807, 2.05) is 0 Å². The molecule has 1 atom stereocenters. The fourth-order valence-corrected chi connectivity index (χ4v) is 2.35. The minimum atomic E-state index is 0.494. The molecule has 1 aliphatic rings. The summed E-state index contributed by atoms with van der Waals surface area (Å²) in [6.45, 7) is 5.12. The average molecular weight is 233 g/mol. The van der Waals surface area contributed by atoms with Crippen LogP contribution in [0.25, 0.3) is 0 Å². The van der Waals surface area contributed by atoms with Crippen LogP contribution in [0.5, 0.6) is 0 Å². The van der Waals surface area contributed by atoms with Crippen LogP contribution in [0, 0.1) is 6.92 Å². The van der Waals surface area contributed by atoms with Gasteiger partial charge in [-0.2, -0.15) is 0 Å². The van der Waals surface area contributed by atoms with Gasteiger partial charge in [0.2, 0.25) is 0 Å². The lowest BCUT2D eigenvalue weighted by molar-refractivity contribution is 0.0115. The Labute approximate surface area is 104 Å². The molecular formula is C15H23NO. The lowest BCUT2D eigenvalue weighted by atomic mass is 10.1. The molecule has 1 aromatic carbocycles. The summed E-state index contributed by atoms with van der Waals surface area (Å²) in [5, 5.41) is 3.50. The summed E-state index contributed by atoms with van der Waals surface area (Å²) in [7, 11) is 0. The molecule has 1 unspecified atom stereocenters. The molecule has 0 spiro atoms. The first kappa shape index (κ1) is 12.6. The molecule has 0 radical (unpaired) electrons. The number of rotatable bonds is 5. The fourth-order valence-electron chi connectivity index (χ4n) is 2.35. The summed E-state index contributed by atoms with van der Waals surface area (Å²) in [6.07, 6.45) is 5.46. The van der Waals surface area contributed by atoms with Crippen molar-refractivity contribution >= 4 is 0 Å². The Morgan fingerprint density at radius 1 is 1.35 bits per heavy atom. The molecular weight excluding hydrogens is 210 g/mol. The maximum atomic E-state index is 5.71. The molecule has 2 nitrogen and oxygen atoms in total. The Kier molecular flexibility index (Phi) is 5.02. The molecule has 1 aromatic rings. The number of ether oxygens (including phenoxy) is 1. The van der Waals surface area contributed by atoms with E-state index in [4.69, 9.17) is 4.74 Å². The predicted octanol–water partition coefficient (Wildman–Crippen LogP) is 3.04. The summed E-state index contributed by atoms with van der Waals surface area (Å²) in [5.41, 5.74) is 2.70. The van der Waals surface area contributed by atoms with E-state index < -0.39 is 0 Å². The van der Waals surface area contributed by atoms with Crippen molar-refractivity contribution in [3.63, 3.8) is 0 Å². The molecule has 1 saturated heterocycles. The second kappa shape index (κ2) is 6.77. The minimum Gasteiger partial charge on any atom is -0.378 e. The first-order chi connectivity index (χ1) is 8.34. The van der Waals surface area contributed by atoms with Crippen LogP contribution in [0.3, 0.4) is 0 Å². The van der Waals surface area contributed by atoms with Crippen molar-refractivity contribution in [2.24, 2.45) is 0 Å². The zero-order valence-electron chi connectivity index (χ0n) is 10.7. The molecule has 17 heavy (non-hydrogen) atoms. The number of nitrogens with one attached hydrogen (secondary N) is 1. The van der Waals surface area contributed by atoms with Gasteiger partial charge in [-0.3, -0.25) is 0 Å². The minimum absolute atomic E-state index is 0.494. The molecule has 94 valence electrons. The summed E-state index contributed by atoms with van der Waals surface area (Å²) < 4.78 is 5.71. The van der Waals surface area contributed by atoms with Gasteiger partial charge in [0.1, 0.15) is 0 Å². The predicted molar refractivity (Wildman–Crippen MR) is 71.1 cm³/mol. The highest BCUT2D eigenvalue weighted by molar-refractivity contribution is 5.21. The van der Waals surface area contributed by atoms with Crippen LogP contribution in [-0.4, -0.2) is 19.3 Å². The van der Waals surface area contributed by atoms with E-state index in [0.29, 0.717) is 6.10 Å². The van der Waals surface area contributed by atoms with Gasteiger partial charge < -0.3 is 10.1 Å². The number of hydrogen-bond donors (Lipinski definition) is 1. The fraction of sp³-hybridized carbons (Fsp3) is 0.600. The largest absolute Gasteiger partial charge is 0.378 e. The van der Waals surface area contributed by atoms with Crippen molar-refractivity contribution in [1.29, 1.82) is 0 Å². The molecule has 2 rings (SSSR count). The van der Waals surface area contributed by atoms with Gasteiger partial charge in [-0.15, -0.1) is 0 Å². The van der Waals surface area contributed by atoms with E-state index >= 15 is 0 Å². The van der Waals surface area contributed by atoms with Crippen LogP contribution in [0.1, 0.15) is 36.8 Å². The van der Waals surface area contributed by atoms with E-state index in [1.165, 1.54) is 30.4 Å². The number of aryl methyl sites for hydroxylation is 1. The molecule has 1 aliphatic heterocycles. The highest BCUT2D eigenvalue weighted by Crippen LogP contribution is 2.14. The first-order valence-corrected chi connectivity index (χ1v) is 6.72. The molecule has 1 heterocycles. The Morgan fingerprint density at radius 2 is 2.29 bits per heavy atom. The van der Waals surface area contributed by atoms with Crippen LogP contribution < -0.4 is 5.32 Å². The summed E-state index contributed by atoms with van der Waals surface area (Å²) in [6, 6.07) is 8.68. The first-order valence-electron chi connectivity index (χ1n) is 6.72. The van der Waals surface area contributed by atoms with Gasteiger partial charge in [-0.05, 0) is 44.7 Å². The molecule has 1 fully saturated rings. The van der Waals surface area contributed by atoms with E-state index in [0.717, 1.165) is 26.1 Å². The van der Waals surface area contributed by atoms with Gasteiger partial charge in [0.05, 0.1) is 6.10 Å². The van der Waals surface area contributed by atoms with Crippen molar-refractivity contribution in [2.45, 2.75) is 45.3 Å². The van der Waals surface area contributed by atoms with Crippen LogP contribution in [0.2, 0.25) is 0 Å². The van der Waals surface area contributed by atoms with Crippen molar-refractivity contribution < 1.29 is 4.74 Å². The van der Waals surface area contributed by atoms with E-state index in [9.17, 15) is 0 Å². The summed E-state index contributed by atoms with van der Waals surface area (Å²) in [5.74, 6) is 0. The Balaban J connectivity index is 1.62. The monoisotopic (exact) mass is 233 g/mol. The van der Waals surface area contributed by atoms with Crippen molar-refractivity contribution in [2.75, 3.05) is 13.2 Å². The van der Waals surface area contributed by atoms with E-state index in [-0.39, 0.29) is 0 Å². The molecule has 0 amide bonds. The SMILES string of the molecule is Cc1cccc(CNCCC2CCCCO2)c1. The van der Waals surface area contributed by atoms with Crippen molar-refractivity contribution in [1.82, 2.24) is 5.32 Å². The standard InChI is InChI=1S/C15H23NO/c1-13-5-4-6-14(11-13)12-16-9-8-15-7-2-3-10-17-15/h4-6,11,15-16H,2-3,7-10,12H2,1H3. The Bertz CT molecular complexity index is 331. The Morgan fingerprint density at radius 3 is 3.06 bits per heavy atom. The smallest absolute Gasteiger partial charge is 0.0587 e. The highest BCUT2D eigenvalue weighted by atomic mass is 16.5. The van der Waals surface area contributed by atoms with Crippen LogP contribution in [0.15, 0.2) is 24.3 Å². The number of hydrogen-bond acceptors (Lipinski definition) is 2. The summed E-state index contributed by atoms with van der Waals surface area (Å²) >= 11 is 0. The second-order valence-corrected chi connectivity index (χ2v) is 4.94. The second-order valence-electron chi connectivity index (χ2n) is 4.94. The van der Waals surface area contributed by atoms with Crippen LogP contribution in [-0.2, 0) is 11.3 Å². The quantitative estimate of drug-likeness (QED) is 0.789. The maximum Gasteiger partial charge on any atom is 0.0587 e. The third-order valence-electron chi connectivity index (χ3n) is 3.33. The lowest BCUT2D eigenvalue weighted by Crippen LogP contribution is -2.25. The van der Waals surface area contributed by atoms with Crippen molar-refractivity contribution in [3.8, 4) is 0 Å². The van der Waals surface area contributed by atoms with E-state index in [2.05, 4.69) is 36.5 Å².